The van der Waals surface area contributed by atoms with Gasteiger partial charge in [0, 0.05) is 10.5 Å². The molecule has 4 heteroatoms. The monoisotopic (exact) mass is 247 g/mol. The summed E-state index contributed by atoms with van der Waals surface area (Å²) >= 11 is 3.24. The van der Waals surface area contributed by atoms with Gasteiger partial charge in [0.1, 0.15) is 5.82 Å². The number of halogens is 2. The van der Waals surface area contributed by atoms with E-state index >= 15 is 0 Å². The van der Waals surface area contributed by atoms with Crippen molar-refractivity contribution in [3.05, 3.63) is 28.5 Å². The first-order valence-corrected chi connectivity index (χ1v) is 4.75. The van der Waals surface area contributed by atoms with Crippen LogP contribution in [0, 0.1) is 5.82 Å². The molecule has 0 fully saturated rings. The van der Waals surface area contributed by atoms with Crippen molar-refractivity contribution in [2.75, 3.05) is 11.9 Å². The summed E-state index contributed by atoms with van der Waals surface area (Å²) in [6.45, 7) is 1.76. The third-order valence-electron chi connectivity index (χ3n) is 1.60. The first kappa shape index (κ1) is 10.5. The van der Waals surface area contributed by atoms with Gasteiger partial charge < -0.3 is 10.4 Å². The van der Waals surface area contributed by atoms with Crippen LogP contribution in [0.3, 0.4) is 0 Å². The van der Waals surface area contributed by atoms with Crippen molar-refractivity contribution < 1.29 is 9.50 Å². The molecule has 0 radical (unpaired) electrons. The molecule has 1 aromatic rings. The topological polar surface area (TPSA) is 32.3 Å². The minimum atomic E-state index is -0.316. The van der Waals surface area contributed by atoms with Crippen molar-refractivity contribution >= 4 is 21.6 Å². The van der Waals surface area contributed by atoms with Gasteiger partial charge in [-0.15, -0.1) is 0 Å². The molecule has 0 saturated heterocycles. The van der Waals surface area contributed by atoms with Gasteiger partial charge in [-0.25, -0.2) is 4.39 Å². The van der Waals surface area contributed by atoms with Gasteiger partial charge in [-0.1, -0.05) is 15.9 Å². The van der Waals surface area contributed by atoms with Crippen LogP contribution >= 0.6 is 15.9 Å². The van der Waals surface area contributed by atoms with Crippen LogP contribution in [0.5, 0.6) is 0 Å². The molecular formula is C9H11BrFNO. The van der Waals surface area contributed by atoms with Crippen LogP contribution in [-0.2, 0) is 0 Å². The van der Waals surface area contributed by atoms with E-state index in [9.17, 15) is 4.39 Å². The number of nitrogens with one attached hydrogen (secondary N) is 1. The summed E-state index contributed by atoms with van der Waals surface area (Å²) in [7, 11) is 0. The lowest BCUT2D eigenvalue weighted by Gasteiger charge is -2.12. The molecule has 0 aliphatic rings. The third kappa shape index (κ3) is 2.97. The highest BCUT2D eigenvalue weighted by Crippen LogP contribution is 2.20. The van der Waals surface area contributed by atoms with Gasteiger partial charge in [0.2, 0.25) is 0 Å². The van der Waals surface area contributed by atoms with Gasteiger partial charge in [-0.2, -0.15) is 0 Å². The predicted molar refractivity (Wildman–Crippen MR) is 54.3 cm³/mol. The molecule has 2 nitrogen and oxygen atoms in total. The summed E-state index contributed by atoms with van der Waals surface area (Å²) in [5, 5.41) is 11.6. The summed E-state index contributed by atoms with van der Waals surface area (Å²) < 4.78 is 13.9. The fourth-order valence-electron chi connectivity index (χ4n) is 0.919. The zero-order chi connectivity index (χ0) is 9.84. The first-order chi connectivity index (χ1) is 6.13. The van der Waals surface area contributed by atoms with Crippen LogP contribution in [0.1, 0.15) is 6.92 Å². The van der Waals surface area contributed by atoms with E-state index in [1.165, 1.54) is 6.07 Å². The van der Waals surface area contributed by atoms with Crippen molar-refractivity contribution in [2.24, 2.45) is 0 Å². The summed E-state index contributed by atoms with van der Waals surface area (Å²) in [4.78, 5) is 0. The number of aliphatic hydroxyl groups is 1. The van der Waals surface area contributed by atoms with E-state index in [-0.39, 0.29) is 18.5 Å². The van der Waals surface area contributed by atoms with E-state index < -0.39 is 0 Å². The number of hydrogen-bond donors (Lipinski definition) is 2. The number of benzene rings is 1. The Bertz CT molecular complexity index is 293. The average Bonchev–Trinajstić information content (AvgIpc) is 2.11. The maximum atomic E-state index is 13.1. The van der Waals surface area contributed by atoms with Gasteiger partial charge in [-0.05, 0) is 25.1 Å². The number of rotatable bonds is 3. The first-order valence-electron chi connectivity index (χ1n) is 3.96. The summed E-state index contributed by atoms with van der Waals surface area (Å²) in [5.74, 6) is -0.316. The van der Waals surface area contributed by atoms with Crippen LogP contribution in [0.2, 0.25) is 0 Å². The molecule has 0 aromatic heterocycles. The van der Waals surface area contributed by atoms with Crippen LogP contribution in [0.25, 0.3) is 0 Å². The Labute approximate surface area is 84.9 Å². The molecular weight excluding hydrogens is 237 g/mol. The van der Waals surface area contributed by atoms with Crippen LogP contribution in [0.4, 0.5) is 10.1 Å². The van der Waals surface area contributed by atoms with Crippen molar-refractivity contribution in [2.45, 2.75) is 13.0 Å². The van der Waals surface area contributed by atoms with Crippen molar-refractivity contribution in [1.82, 2.24) is 0 Å². The molecule has 0 aliphatic carbocycles. The highest BCUT2D eigenvalue weighted by Gasteiger charge is 2.05. The van der Waals surface area contributed by atoms with Crippen molar-refractivity contribution in [1.29, 1.82) is 0 Å². The summed E-state index contributed by atoms with van der Waals surface area (Å²) in [6.07, 6.45) is 0. The minimum Gasteiger partial charge on any atom is -0.394 e. The molecule has 0 spiro atoms. The van der Waals surface area contributed by atoms with Crippen molar-refractivity contribution in [3.8, 4) is 0 Å². The maximum absolute atomic E-state index is 13.1. The lowest BCUT2D eigenvalue weighted by Crippen LogP contribution is -2.19. The molecule has 1 aromatic carbocycles. The zero-order valence-electron chi connectivity index (χ0n) is 7.22. The molecule has 13 heavy (non-hydrogen) atoms. The van der Waals surface area contributed by atoms with Gasteiger partial charge >= 0.3 is 0 Å². The number of hydrogen-bond acceptors (Lipinski definition) is 2. The van der Waals surface area contributed by atoms with E-state index in [0.717, 1.165) is 4.47 Å². The smallest absolute Gasteiger partial charge is 0.146 e. The maximum Gasteiger partial charge on any atom is 0.146 e. The molecule has 1 unspecified atom stereocenters. The lowest BCUT2D eigenvalue weighted by atomic mass is 10.2. The molecule has 0 heterocycles. The molecule has 1 atom stereocenters. The molecule has 0 saturated carbocycles. The average molecular weight is 248 g/mol. The Morgan fingerprint density at radius 1 is 1.62 bits per heavy atom. The minimum absolute atomic E-state index is 0.0219. The second-order valence-corrected chi connectivity index (χ2v) is 3.77. The van der Waals surface area contributed by atoms with E-state index in [0.29, 0.717) is 5.69 Å². The van der Waals surface area contributed by atoms with Gasteiger partial charge in [0.15, 0.2) is 0 Å². The third-order valence-corrected chi connectivity index (χ3v) is 2.10. The summed E-state index contributed by atoms with van der Waals surface area (Å²) in [5.41, 5.74) is 0.399. The van der Waals surface area contributed by atoms with E-state index in [4.69, 9.17) is 5.11 Å². The van der Waals surface area contributed by atoms with Gasteiger partial charge in [0.05, 0.1) is 12.3 Å². The second kappa shape index (κ2) is 4.58. The van der Waals surface area contributed by atoms with Crippen LogP contribution < -0.4 is 5.32 Å². The highest BCUT2D eigenvalue weighted by molar-refractivity contribution is 9.10. The van der Waals surface area contributed by atoms with E-state index in [1.54, 1.807) is 19.1 Å². The largest absolute Gasteiger partial charge is 0.394 e. The molecule has 0 aliphatic heterocycles. The Balaban J connectivity index is 2.81. The van der Waals surface area contributed by atoms with Crippen LogP contribution in [-0.4, -0.2) is 17.8 Å². The number of aliphatic hydroxyl groups excluding tert-OH is 1. The zero-order valence-corrected chi connectivity index (χ0v) is 8.81. The molecule has 1 rings (SSSR count). The molecule has 2 N–H and O–H groups in total. The standard InChI is InChI=1S/C9H11BrFNO/c1-6(5-13)12-9-4-7(10)2-3-8(9)11/h2-4,6,12-13H,5H2,1H3. The predicted octanol–water partition coefficient (Wildman–Crippen LogP) is 2.38. The normalized spacial score (nSPS) is 12.6. The Hall–Kier alpha value is -0.610. The quantitative estimate of drug-likeness (QED) is 0.860. The molecule has 0 amide bonds. The van der Waals surface area contributed by atoms with Gasteiger partial charge in [0.25, 0.3) is 0 Å². The Kier molecular flexibility index (Phi) is 3.69. The molecule has 72 valence electrons. The SMILES string of the molecule is CC(CO)Nc1cc(Br)ccc1F. The lowest BCUT2D eigenvalue weighted by molar-refractivity contribution is 0.281. The highest BCUT2D eigenvalue weighted by atomic mass is 79.9. The van der Waals surface area contributed by atoms with Gasteiger partial charge in [-0.3, -0.25) is 0 Å². The van der Waals surface area contributed by atoms with Crippen molar-refractivity contribution in [3.63, 3.8) is 0 Å². The fourth-order valence-corrected chi connectivity index (χ4v) is 1.28. The summed E-state index contributed by atoms with van der Waals surface area (Å²) in [6, 6.07) is 4.49. The Morgan fingerprint density at radius 2 is 2.31 bits per heavy atom. The fraction of sp³-hybridized carbons (Fsp3) is 0.333. The van der Waals surface area contributed by atoms with E-state index in [2.05, 4.69) is 21.2 Å². The van der Waals surface area contributed by atoms with Crippen LogP contribution in [0.15, 0.2) is 22.7 Å². The number of anilines is 1. The van der Waals surface area contributed by atoms with E-state index in [1.807, 2.05) is 0 Å². The second-order valence-electron chi connectivity index (χ2n) is 2.85. The Morgan fingerprint density at radius 3 is 2.92 bits per heavy atom. The molecule has 0 bridgehead atoms.